The molecule has 2 aliphatic heterocycles. The minimum Gasteiger partial charge on any atom is -0.438 e. The van der Waals surface area contributed by atoms with Gasteiger partial charge in [0.15, 0.2) is 0 Å². The molecule has 4 N–H and O–H groups in total. The van der Waals surface area contributed by atoms with E-state index in [4.69, 9.17) is 10.5 Å². The van der Waals surface area contributed by atoms with E-state index in [1.54, 1.807) is 0 Å². The third-order valence-electron chi connectivity index (χ3n) is 9.24. The maximum absolute atomic E-state index is 14.3. The molecule has 1 saturated carbocycles. The molecule has 8 nitrogen and oxygen atoms in total. The molecule has 10 heteroatoms. The average molecular weight is 647 g/mol. The highest BCUT2D eigenvalue weighted by molar-refractivity contribution is 7.99. The molecule has 3 aromatic rings. The van der Waals surface area contributed by atoms with Crippen LogP contribution in [0.2, 0.25) is 0 Å². The summed E-state index contributed by atoms with van der Waals surface area (Å²) in [5.41, 5.74) is 10.9. The molecule has 3 aliphatic rings. The van der Waals surface area contributed by atoms with Gasteiger partial charge in [-0.1, -0.05) is 30.3 Å². The van der Waals surface area contributed by atoms with Gasteiger partial charge in [-0.05, 0) is 80.0 Å². The Hall–Kier alpha value is -3.02. The maximum Gasteiger partial charge on any atom is 0.257 e. The Bertz CT molecular complexity index is 1480. The lowest BCUT2D eigenvalue weighted by atomic mass is 9.91. The number of ether oxygens (including phenoxy) is 1. The van der Waals surface area contributed by atoms with Crippen molar-refractivity contribution in [3.63, 3.8) is 0 Å². The van der Waals surface area contributed by atoms with Crippen LogP contribution in [0.1, 0.15) is 61.0 Å². The lowest BCUT2D eigenvalue weighted by Gasteiger charge is -2.36. The summed E-state index contributed by atoms with van der Waals surface area (Å²) in [7, 11) is 0. The van der Waals surface area contributed by atoms with Gasteiger partial charge >= 0.3 is 0 Å². The summed E-state index contributed by atoms with van der Waals surface area (Å²) in [6, 6.07) is 17.1. The number of carbonyl (C=O) groups excluding carboxylic acids is 1. The van der Waals surface area contributed by atoms with E-state index in [0.717, 1.165) is 93.8 Å². The number of benzene rings is 2. The largest absolute Gasteiger partial charge is 0.438 e. The predicted octanol–water partition coefficient (Wildman–Crippen LogP) is 5.41. The van der Waals surface area contributed by atoms with Crippen LogP contribution in [-0.4, -0.2) is 82.5 Å². The minimum atomic E-state index is -0.581. The van der Waals surface area contributed by atoms with Crippen molar-refractivity contribution in [3.8, 4) is 22.8 Å². The van der Waals surface area contributed by atoms with E-state index >= 15 is 0 Å². The van der Waals surface area contributed by atoms with E-state index in [-0.39, 0.29) is 29.4 Å². The Kier molecular flexibility index (Phi) is 10.9. The Labute approximate surface area is 276 Å². The first kappa shape index (κ1) is 32.9. The van der Waals surface area contributed by atoms with Crippen LogP contribution in [0.5, 0.6) is 11.6 Å². The zero-order valence-electron chi connectivity index (χ0n) is 27.0. The van der Waals surface area contributed by atoms with E-state index in [1.165, 1.54) is 17.2 Å². The number of nitrogens with two attached hydrogens (primary N) is 1. The molecule has 246 valence electrons. The van der Waals surface area contributed by atoms with E-state index in [9.17, 15) is 9.18 Å². The zero-order chi connectivity index (χ0) is 32.0. The summed E-state index contributed by atoms with van der Waals surface area (Å²) >= 11 is 2.02. The molecule has 0 radical (unpaired) electrons. The standard InChI is InChI=1S/C36H47FN6O2S/c1-24-20-43(21-25(2)40-24)22-26-6-11-33(28(16-26)23-42-12-14-46-15-13-42)27-4-3-5-32(17-27)45-36-34(18-29(37)19-39-36)35(44)41-31-9-7-30(38)8-10-31/h3-6,11,16-19,24-25,30-31,40H,7-10,12-15,20-23,38H2,1-2H3,(H,41,44)/t24-,25+,30?,31?. The molecule has 2 aromatic carbocycles. The number of carbonyl (C=O) groups is 1. The highest BCUT2D eigenvalue weighted by atomic mass is 32.2. The molecular weight excluding hydrogens is 600 g/mol. The van der Waals surface area contributed by atoms with Gasteiger partial charge in [0.05, 0.1) is 6.20 Å². The fourth-order valence-corrected chi connectivity index (χ4v) is 8.00. The Morgan fingerprint density at radius 3 is 2.54 bits per heavy atom. The van der Waals surface area contributed by atoms with Gasteiger partial charge in [-0.25, -0.2) is 9.37 Å². The topological polar surface area (TPSA) is 95.8 Å². The molecule has 6 rings (SSSR count). The van der Waals surface area contributed by atoms with Crippen molar-refractivity contribution in [1.82, 2.24) is 25.4 Å². The van der Waals surface area contributed by atoms with Crippen molar-refractivity contribution in [2.45, 2.75) is 76.8 Å². The lowest BCUT2D eigenvalue weighted by molar-refractivity contribution is 0.0922. The number of rotatable bonds is 9. The van der Waals surface area contributed by atoms with Crippen molar-refractivity contribution in [3.05, 3.63) is 77.2 Å². The molecule has 0 spiro atoms. The van der Waals surface area contributed by atoms with Crippen LogP contribution in [0.4, 0.5) is 4.39 Å². The lowest BCUT2D eigenvalue weighted by Crippen LogP contribution is -2.53. The van der Waals surface area contributed by atoms with Gasteiger partial charge < -0.3 is 21.1 Å². The number of pyridine rings is 1. The van der Waals surface area contributed by atoms with Crippen LogP contribution >= 0.6 is 11.8 Å². The van der Waals surface area contributed by atoms with Gasteiger partial charge in [-0.3, -0.25) is 14.6 Å². The summed E-state index contributed by atoms with van der Waals surface area (Å²) < 4.78 is 20.5. The van der Waals surface area contributed by atoms with Crippen molar-refractivity contribution in [1.29, 1.82) is 0 Å². The van der Waals surface area contributed by atoms with Gasteiger partial charge in [0, 0.05) is 74.9 Å². The van der Waals surface area contributed by atoms with Crippen molar-refractivity contribution < 1.29 is 13.9 Å². The Balaban J connectivity index is 1.24. The SMILES string of the molecule is C[C@@H]1CN(Cc2ccc(-c3cccc(Oc4ncc(F)cc4C(=O)NC4CCC(N)CC4)c3)c(CN3CCSCC3)c2)C[C@H](C)N1. The molecule has 3 fully saturated rings. The molecule has 3 heterocycles. The number of hydrogen-bond acceptors (Lipinski definition) is 8. The van der Waals surface area contributed by atoms with Gasteiger partial charge in [0.2, 0.25) is 5.88 Å². The molecule has 2 saturated heterocycles. The van der Waals surface area contributed by atoms with Gasteiger partial charge in [-0.2, -0.15) is 11.8 Å². The number of aromatic nitrogens is 1. The predicted molar refractivity (Wildman–Crippen MR) is 184 cm³/mol. The van der Waals surface area contributed by atoms with Gasteiger partial charge in [0.1, 0.15) is 17.1 Å². The molecule has 1 aromatic heterocycles. The number of nitrogens with zero attached hydrogens (tertiary/aromatic N) is 3. The quantitative estimate of drug-likeness (QED) is 0.284. The average Bonchev–Trinajstić information content (AvgIpc) is 3.03. The fraction of sp³-hybridized carbons (Fsp3) is 0.500. The molecule has 2 atom stereocenters. The van der Waals surface area contributed by atoms with Crippen LogP contribution in [0, 0.1) is 5.82 Å². The second-order valence-corrected chi connectivity index (χ2v) is 14.5. The molecule has 0 bridgehead atoms. The molecule has 1 amide bonds. The fourth-order valence-electron chi connectivity index (χ4n) is 7.02. The van der Waals surface area contributed by atoms with Crippen molar-refractivity contribution >= 4 is 17.7 Å². The molecule has 1 aliphatic carbocycles. The normalized spacial score (nSPS) is 24.4. The number of nitrogens with one attached hydrogen (secondary N) is 2. The van der Waals surface area contributed by atoms with E-state index < -0.39 is 5.82 Å². The first-order valence-corrected chi connectivity index (χ1v) is 17.8. The number of halogens is 1. The van der Waals surface area contributed by atoms with E-state index in [1.807, 2.05) is 30.0 Å². The van der Waals surface area contributed by atoms with Crippen LogP contribution in [0.3, 0.4) is 0 Å². The van der Waals surface area contributed by atoms with E-state index in [2.05, 4.69) is 63.5 Å². The van der Waals surface area contributed by atoms with Crippen LogP contribution in [0.25, 0.3) is 11.1 Å². The number of piperazine rings is 1. The highest BCUT2D eigenvalue weighted by Gasteiger charge is 2.24. The first-order chi connectivity index (χ1) is 22.3. The van der Waals surface area contributed by atoms with Crippen molar-refractivity contribution in [2.75, 3.05) is 37.7 Å². The van der Waals surface area contributed by atoms with Gasteiger partial charge in [0.25, 0.3) is 5.91 Å². The second kappa shape index (κ2) is 15.3. The van der Waals surface area contributed by atoms with Gasteiger partial charge in [-0.15, -0.1) is 0 Å². The smallest absolute Gasteiger partial charge is 0.257 e. The molecule has 46 heavy (non-hydrogen) atoms. The van der Waals surface area contributed by atoms with Crippen LogP contribution in [-0.2, 0) is 13.1 Å². The summed E-state index contributed by atoms with van der Waals surface area (Å²) in [5, 5.41) is 6.67. The van der Waals surface area contributed by atoms with Crippen LogP contribution < -0.4 is 21.1 Å². The van der Waals surface area contributed by atoms with Crippen molar-refractivity contribution in [2.24, 2.45) is 5.73 Å². The van der Waals surface area contributed by atoms with E-state index in [0.29, 0.717) is 17.8 Å². The summed E-state index contributed by atoms with van der Waals surface area (Å²) in [6.07, 6.45) is 4.41. The number of thioether (sulfide) groups is 1. The Morgan fingerprint density at radius 1 is 1.02 bits per heavy atom. The monoisotopic (exact) mass is 646 g/mol. The van der Waals surface area contributed by atoms with Crippen LogP contribution in [0.15, 0.2) is 54.7 Å². The zero-order valence-corrected chi connectivity index (χ0v) is 27.8. The number of hydrogen-bond donors (Lipinski definition) is 3. The third-order valence-corrected chi connectivity index (χ3v) is 10.2. The minimum absolute atomic E-state index is 0.00465. The Morgan fingerprint density at radius 2 is 1.78 bits per heavy atom. The highest BCUT2D eigenvalue weighted by Crippen LogP contribution is 2.32. The summed E-state index contributed by atoms with van der Waals surface area (Å²) in [6.45, 7) is 10.6. The first-order valence-electron chi connectivity index (χ1n) is 16.7. The summed E-state index contributed by atoms with van der Waals surface area (Å²) in [5.74, 6) is 1.98. The summed E-state index contributed by atoms with van der Waals surface area (Å²) in [4.78, 5) is 22.5. The third kappa shape index (κ3) is 8.66. The second-order valence-electron chi connectivity index (χ2n) is 13.3. The molecule has 0 unspecified atom stereocenters. The number of amides is 1. The molecular formula is C36H47FN6O2S. The maximum atomic E-state index is 14.3.